The quantitative estimate of drug-likeness (QED) is 0.876. The Kier molecular flexibility index (Phi) is 4.94. The maximum absolute atomic E-state index is 12.4. The summed E-state index contributed by atoms with van der Waals surface area (Å²) in [5, 5.41) is 2.91. The molecule has 0 bridgehead atoms. The molecule has 24 heavy (non-hydrogen) atoms. The van der Waals surface area contributed by atoms with Crippen molar-refractivity contribution in [1.82, 2.24) is 9.88 Å². The van der Waals surface area contributed by atoms with E-state index in [1.807, 2.05) is 37.3 Å². The molecule has 0 saturated carbocycles. The number of aryl methyl sites for hydroxylation is 1. The number of carbonyl (C=O) groups is 2. The van der Waals surface area contributed by atoms with Crippen LogP contribution in [0.15, 0.2) is 47.2 Å². The van der Waals surface area contributed by atoms with E-state index in [1.165, 1.54) is 0 Å². The van der Waals surface area contributed by atoms with Gasteiger partial charge in [-0.25, -0.2) is 0 Å². The van der Waals surface area contributed by atoms with Gasteiger partial charge in [-0.05, 0) is 48.4 Å². The minimum absolute atomic E-state index is 0.0129. The van der Waals surface area contributed by atoms with Crippen molar-refractivity contribution in [3.63, 3.8) is 0 Å². The lowest BCUT2D eigenvalue weighted by atomic mass is 10.1. The van der Waals surface area contributed by atoms with E-state index in [0.29, 0.717) is 13.1 Å². The van der Waals surface area contributed by atoms with Crippen molar-refractivity contribution in [2.75, 3.05) is 11.9 Å². The molecule has 6 heteroatoms. The van der Waals surface area contributed by atoms with E-state index in [0.717, 1.165) is 21.3 Å². The maximum atomic E-state index is 12.4. The van der Waals surface area contributed by atoms with E-state index >= 15 is 0 Å². The van der Waals surface area contributed by atoms with Crippen molar-refractivity contribution in [2.45, 2.75) is 19.9 Å². The Hall–Kier alpha value is -2.21. The Balaban J connectivity index is 1.62. The lowest BCUT2D eigenvalue weighted by molar-refractivity contribution is -0.128. The SMILES string of the molecule is Cc1cc(NC(=O)C2CC(=O)N(Cc3ccncc3)C2)ccc1Br. The Bertz CT molecular complexity index is 764. The number of nitrogens with one attached hydrogen (secondary N) is 1. The average Bonchev–Trinajstić information content (AvgIpc) is 2.93. The molecule has 0 spiro atoms. The second-order valence-electron chi connectivity index (χ2n) is 5.98. The van der Waals surface area contributed by atoms with Crippen molar-refractivity contribution in [3.8, 4) is 0 Å². The number of aromatic nitrogens is 1. The fourth-order valence-corrected chi connectivity index (χ4v) is 3.02. The number of anilines is 1. The normalized spacial score (nSPS) is 17.2. The van der Waals surface area contributed by atoms with E-state index in [4.69, 9.17) is 0 Å². The Morgan fingerprint density at radius 2 is 2.08 bits per heavy atom. The summed E-state index contributed by atoms with van der Waals surface area (Å²) >= 11 is 3.44. The predicted octanol–water partition coefficient (Wildman–Crippen LogP) is 3.14. The number of nitrogens with zero attached hydrogens (tertiary/aromatic N) is 2. The van der Waals surface area contributed by atoms with Crippen LogP contribution in [-0.2, 0) is 16.1 Å². The minimum Gasteiger partial charge on any atom is -0.338 e. The number of benzene rings is 1. The zero-order valence-corrected chi connectivity index (χ0v) is 14.9. The van der Waals surface area contributed by atoms with Gasteiger partial charge in [-0.15, -0.1) is 0 Å². The fourth-order valence-electron chi connectivity index (χ4n) is 2.78. The van der Waals surface area contributed by atoms with Crippen LogP contribution in [0.5, 0.6) is 0 Å². The largest absolute Gasteiger partial charge is 0.338 e. The summed E-state index contributed by atoms with van der Waals surface area (Å²) in [6.45, 7) is 2.93. The van der Waals surface area contributed by atoms with E-state index in [9.17, 15) is 9.59 Å². The summed E-state index contributed by atoms with van der Waals surface area (Å²) in [6.07, 6.45) is 3.66. The van der Waals surface area contributed by atoms with Gasteiger partial charge in [0.05, 0.1) is 5.92 Å². The van der Waals surface area contributed by atoms with Crippen LogP contribution < -0.4 is 5.32 Å². The Morgan fingerprint density at radius 3 is 2.79 bits per heavy atom. The third-order valence-electron chi connectivity index (χ3n) is 4.13. The highest BCUT2D eigenvalue weighted by molar-refractivity contribution is 9.10. The van der Waals surface area contributed by atoms with Gasteiger partial charge in [-0.3, -0.25) is 14.6 Å². The molecule has 1 aliphatic rings. The minimum atomic E-state index is -0.316. The number of hydrogen-bond donors (Lipinski definition) is 1. The number of hydrogen-bond acceptors (Lipinski definition) is 3. The first-order valence-electron chi connectivity index (χ1n) is 7.76. The lowest BCUT2D eigenvalue weighted by Gasteiger charge is -2.16. The van der Waals surface area contributed by atoms with Gasteiger partial charge in [0, 0.05) is 42.1 Å². The number of halogens is 1. The van der Waals surface area contributed by atoms with Crippen molar-refractivity contribution in [2.24, 2.45) is 5.92 Å². The topological polar surface area (TPSA) is 62.3 Å². The molecule has 1 aromatic carbocycles. The molecular formula is C18H18BrN3O2. The number of rotatable bonds is 4. The van der Waals surface area contributed by atoms with Gasteiger partial charge >= 0.3 is 0 Å². The molecule has 0 aliphatic carbocycles. The van der Waals surface area contributed by atoms with Gasteiger partial charge < -0.3 is 10.2 Å². The zero-order chi connectivity index (χ0) is 17.1. The van der Waals surface area contributed by atoms with Crippen molar-refractivity contribution in [3.05, 3.63) is 58.3 Å². The third-order valence-corrected chi connectivity index (χ3v) is 5.02. The third kappa shape index (κ3) is 3.82. The monoisotopic (exact) mass is 387 g/mol. The molecule has 1 fully saturated rings. The molecule has 2 aromatic rings. The van der Waals surface area contributed by atoms with Crippen LogP contribution in [0, 0.1) is 12.8 Å². The Labute approximate surface area is 149 Å². The molecule has 5 nitrogen and oxygen atoms in total. The van der Waals surface area contributed by atoms with Gasteiger partial charge in [-0.1, -0.05) is 15.9 Å². The smallest absolute Gasteiger partial charge is 0.229 e. The molecule has 3 rings (SSSR count). The summed E-state index contributed by atoms with van der Waals surface area (Å²) in [7, 11) is 0. The molecule has 1 atom stereocenters. The van der Waals surface area contributed by atoms with Crippen LogP contribution in [0.3, 0.4) is 0 Å². The number of amides is 2. The summed E-state index contributed by atoms with van der Waals surface area (Å²) < 4.78 is 1.00. The average molecular weight is 388 g/mol. The summed E-state index contributed by atoms with van der Waals surface area (Å²) in [4.78, 5) is 30.3. The van der Waals surface area contributed by atoms with Gasteiger partial charge in [0.15, 0.2) is 0 Å². The fraction of sp³-hybridized carbons (Fsp3) is 0.278. The highest BCUT2D eigenvalue weighted by Crippen LogP contribution is 2.24. The number of likely N-dealkylation sites (tertiary alicyclic amines) is 1. The van der Waals surface area contributed by atoms with Crippen LogP contribution in [0.2, 0.25) is 0 Å². The molecule has 1 N–H and O–H groups in total. The molecule has 1 saturated heterocycles. The summed E-state index contributed by atoms with van der Waals surface area (Å²) in [6, 6.07) is 9.42. The van der Waals surface area contributed by atoms with Crippen LogP contribution in [0.1, 0.15) is 17.5 Å². The van der Waals surface area contributed by atoms with E-state index in [2.05, 4.69) is 26.2 Å². The first-order valence-corrected chi connectivity index (χ1v) is 8.56. The molecular weight excluding hydrogens is 370 g/mol. The highest BCUT2D eigenvalue weighted by atomic mass is 79.9. The van der Waals surface area contributed by atoms with Crippen molar-refractivity contribution in [1.29, 1.82) is 0 Å². The molecule has 124 valence electrons. The molecule has 1 aliphatic heterocycles. The van der Waals surface area contributed by atoms with E-state index in [1.54, 1.807) is 17.3 Å². The number of carbonyl (C=O) groups excluding carboxylic acids is 2. The first kappa shape index (κ1) is 16.6. The molecule has 1 aromatic heterocycles. The van der Waals surface area contributed by atoms with Crippen LogP contribution in [0.4, 0.5) is 5.69 Å². The first-order chi connectivity index (χ1) is 11.5. The van der Waals surface area contributed by atoms with Crippen molar-refractivity contribution >= 4 is 33.4 Å². The van der Waals surface area contributed by atoms with Crippen molar-refractivity contribution < 1.29 is 9.59 Å². The molecule has 2 amide bonds. The standard InChI is InChI=1S/C18H18BrN3O2/c1-12-8-15(2-3-16(12)19)21-18(24)14-9-17(23)22(11-14)10-13-4-6-20-7-5-13/h2-8,14H,9-11H2,1H3,(H,21,24). The number of pyridine rings is 1. The van der Waals surface area contributed by atoms with Crippen LogP contribution in [-0.4, -0.2) is 28.2 Å². The van der Waals surface area contributed by atoms with Gasteiger partial charge in [-0.2, -0.15) is 0 Å². The predicted molar refractivity (Wildman–Crippen MR) is 95.3 cm³/mol. The van der Waals surface area contributed by atoms with Crippen LogP contribution in [0.25, 0.3) is 0 Å². The summed E-state index contributed by atoms with van der Waals surface area (Å²) in [5.74, 6) is -0.412. The van der Waals surface area contributed by atoms with E-state index in [-0.39, 0.29) is 24.2 Å². The maximum Gasteiger partial charge on any atom is 0.229 e. The highest BCUT2D eigenvalue weighted by Gasteiger charge is 2.34. The van der Waals surface area contributed by atoms with E-state index < -0.39 is 0 Å². The zero-order valence-electron chi connectivity index (χ0n) is 13.3. The molecule has 0 radical (unpaired) electrons. The second kappa shape index (κ2) is 7.13. The van der Waals surface area contributed by atoms with Gasteiger partial charge in [0.2, 0.25) is 11.8 Å². The molecule has 2 heterocycles. The van der Waals surface area contributed by atoms with Gasteiger partial charge in [0.25, 0.3) is 0 Å². The van der Waals surface area contributed by atoms with Gasteiger partial charge in [0.1, 0.15) is 0 Å². The van der Waals surface area contributed by atoms with Crippen LogP contribution >= 0.6 is 15.9 Å². The second-order valence-corrected chi connectivity index (χ2v) is 6.84. The molecule has 1 unspecified atom stereocenters. The summed E-state index contributed by atoms with van der Waals surface area (Å²) in [5.41, 5.74) is 2.82. The Morgan fingerprint density at radius 1 is 1.33 bits per heavy atom. The lowest BCUT2D eigenvalue weighted by Crippen LogP contribution is -2.28.